The monoisotopic (exact) mass is 433 g/mol. The van der Waals surface area contributed by atoms with Crippen LogP contribution in [0.15, 0.2) is 41.6 Å². The molecule has 2 fully saturated rings. The third kappa shape index (κ3) is 5.49. The fraction of sp³-hybridized carbons (Fsp3) is 0.545. The lowest BCUT2D eigenvalue weighted by atomic mass is 9.81. The van der Waals surface area contributed by atoms with Crippen molar-refractivity contribution in [2.24, 2.45) is 5.92 Å². The molecule has 4 rings (SSSR count). The van der Waals surface area contributed by atoms with Crippen molar-refractivity contribution < 1.29 is 18.3 Å². The average molecular weight is 434 g/mol. The van der Waals surface area contributed by atoms with Crippen LogP contribution in [0.25, 0.3) is 11.4 Å². The molecular formula is C22H31N3O4S. The number of nitrogens with zero attached hydrogens (tertiary/aromatic N) is 3. The first-order valence-corrected chi connectivity index (χ1v) is 12.5. The third-order valence-corrected chi connectivity index (χ3v) is 7.35. The van der Waals surface area contributed by atoms with E-state index in [1.54, 1.807) is 12.1 Å². The van der Waals surface area contributed by atoms with Crippen LogP contribution in [0.4, 0.5) is 0 Å². The van der Waals surface area contributed by atoms with Crippen molar-refractivity contribution in [3.63, 3.8) is 0 Å². The average Bonchev–Trinajstić information content (AvgIpc) is 3.21. The molecular weight excluding hydrogens is 402 g/mol. The highest BCUT2D eigenvalue weighted by Crippen LogP contribution is 2.33. The normalized spacial score (nSPS) is 21.9. The Kier molecular flexibility index (Phi) is 7.66. The topological polar surface area (TPSA) is 92.5 Å². The van der Waals surface area contributed by atoms with Gasteiger partial charge in [-0.2, -0.15) is 0 Å². The summed E-state index contributed by atoms with van der Waals surface area (Å²) in [6.45, 7) is 3.28. The third-order valence-electron chi connectivity index (χ3n) is 6.23. The molecule has 3 heterocycles. The molecule has 2 aromatic rings. The molecule has 0 saturated carbocycles. The zero-order valence-corrected chi connectivity index (χ0v) is 18.3. The molecule has 1 N–H and O–H groups in total. The first-order valence-electron chi connectivity index (χ1n) is 10.6. The van der Waals surface area contributed by atoms with Crippen LogP contribution < -0.4 is 0 Å². The zero-order chi connectivity index (χ0) is 21.6. The van der Waals surface area contributed by atoms with E-state index in [9.17, 15) is 8.42 Å². The van der Waals surface area contributed by atoms with Crippen molar-refractivity contribution in [3.05, 3.63) is 36.7 Å². The Labute approximate surface area is 178 Å². The van der Waals surface area contributed by atoms with Gasteiger partial charge in [0.2, 0.25) is 0 Å². The van der Waals surface area contributed by atoms with Crippen molar-refractivity contribution in [1.29, 1.82) is 0 Å². The summed E-state index contributed by atoms with van der Waals surface area (Å²) in [6.07, 6.45) is 13.1. The summed E-state index contributed by atoms with van der Waals surface area (Å²) in [5.41, 5.74) is 0.968. The summed E-state index contributed by atoms with van der Waals surface area (Å²) < 4.78 is 25.6. The molecule has 8 heteroatoms. The fourth-order valence-corrected chi connectivity index (χ4v) is 5.45. The van der Waals surface area contributed by atoms with Gasteiger partial charge in [-0.1, -0.05) is 6.42 Å². The second kappa shape index (κ2) is 10.2. The van der Waals surface area contributed by atoms with E-state index in [0.29, 0.717) is 4.90 Å². The zero-order valence-electron chi connectivity index (χ0n) is 17.5. The Morgan fingerprint density at radius 1 is 1.13 bits per heavy atom. The van der Waals surface area contributed by atoms with Crippen LogP contribution in [-0.4, -0.2) is 59.8 Å². The van der Waals surface area contributed by atoms with E-state index in [2.05, 4.69) is 14.5 Å². The van der Waals surface area contributed by atoms with Crippen molar-refractivity contribution in [1.82, 2.24) is 14.5 Å². The number of sulfone groups is 1. The van der Waals surface area contributed by atoms with Crippen LogP contribution in [-0.2, 0) is 21.2 Å². The predicted molar refractivity (Wildman–Crippen MR) is 116 cm³/mol. The molecule has 2 atom stereocenters. The largest absolute Gasteiger partial charge is 0.483 e. The van der Waals surface area contributed by atoms with Gasteiger partial charge in [0.25, 0.3) is 6.47 Å². The van der Waals surface area contributed by atoms with E-state index in [0.717, 1.165) is 29.9 Å². The molecule has 1 aromatic carbocycles. The van der Waals surface area contributed by atoms with E-state index >= 15 is 0 Å². The summed E-state index contributed by atoms with van der Waals surface area (Å²) >= 11 is 0. The Bertz CT molecular complexity index is 922. The lowest BCUT2D eigenvalue weighted by Gasteiger charge is -2.44. The van der Waals surface area contributed by atoms with Crippen LogP contribution in [0.1, 0.15) is 38.5 Å². The molecule has 0 spiro atoms. The van der Waals surface area contributed by atoms with Gasteiger partial charge in [0.15, 0.2) is 9.84 Å². The van der Waals surface area contributed by atoms with Gasteiger partial charge in [-0.15, -0.1) is 0 Å². The van der Waals surface area contributed by atoms with Gasteiger partial charge >= 0.3 is 0 Å². The Balaban J connectivity index is 0.000000806. The predicted octanol–water partition coefficient (Wildman–Crippen LogP) is 3.31. The second-order valence-corrected chi connectivity index (χ2v) is 10.2. The van der Waals surface area contributed by atoms with Gasteiger partial charge < -0.3 is 14.6 Å². The number of hydrogen-bond donors (Lipinski definition) is 1. The number of rotatable bonds is 5. The molecule has 2 saturated heterocycles. The molecule has 0 unspecified atom stereocenters. The van der Waals surface area contributed by atoms with Gasteiger partial charge in [-0.05, 0) is 75.4 Å². The molecule has 7 nitrogen and oxygen atoms in total. The van der Waals surface area contributed by atoms with Crippen molar-refractivity contribution in [3.8, 4) is 11.4 Å². The van der Waals surface area contributed by atoms with Gasteiger partial charge in [-0.25, -0.2) is 13.4 Å². The number of aromatic nitrogens is 2. The highest BCUT2D eigenvalue weighted by molar-refractivity contribution is 7.90. The first-order chi connectivity index (χ1) is 14.4. The van der Waals surface area contributed by atoms with Gasteiger partial charge in [0.05, 0.1) is 4.90 Å². The standard InChI is InChI=1S/C21H29N3O2S.CH2O2/c1-27(25,26)19-9-7-18(8-10-19)21-22-12-16-24(21)15-11-17-5-4-14-23-13-3-2-6-20(17)23;2-1-3/h7-10,12,16-17,20H,2-6,11,13-15H2,1H3;1H,(H,2,3)/t17-,20+;/m0./s1. The van der Waals surface area contributed by atoms with E-state index in [4.69, 9.17) is 9.90 Å². The number of carboxylic acid groups (broad SMARTS) is 1. The van der Waals surface area contributed by atoms with Crippen LogP contribution in [0.3, 0.4) is 0 Å². The number of fused-ring (bicyclic) bond motifs is 1. The number of aryl methyl sites for hydroxylation is 1. The van der Waals surface area contributed by atoms with Crippen molar-refractivity contribution in [2.45, 2.75) is 56.0 Å². The number of hydrogen-bond acceptors (Lipinski definition) is 5. The molecule has 0 bridgehead atoms. The first kappa shape index (κ1) is 22.5. The molecule has 0 aliphatic carbocycles. The number of benzene rings is 1. The van der Waals surface area contributed by atoms with E-state index in [-0.39, 0.29) is 6.47 Å². The number of carbonyl (C=O) groups is 1. The van der Waals surface area contributed by atoms with Gasteiger partial charge in [-0.3, -0.25) is 4.79 Å². The minimum atomic E-state index is -3.17. The van der Waals surface area contributed by atoms with E-state index in [1.165, 1.54) is 57.9 Å². The van der Waals surface area contributed by atoms with Gasteiger partial charge in [0.1, 0.15) is 5.82 Å². The van der Waals surface area contributed by atoms with Crippen LogP contribution in [0.5, 0.6) is 0 Å². The maximum atomic E-state index is 11.7. The van der Waals surface area contributed by atoms with Crippen LogP contribution in [0, 0.1) is 5.92 Å². The van der Waals surface area contributed by atoms with Crippen molar-refractivity contribution >= 4 is 16.3 Å². The van der Waals surface area contributed by atoms with Crippen LogP contribution >= 0.6 is 0 Å². The molecule has 0 amide bonds. The Morgan fingerprint density at radius 2 is 1.83 bits per heavy atom. The summed E-state index contributed by atoms with van der Waals surface area (Å²) in [6, 6.07) is 7.83. The molecule has 0 radical (unpaired) electrons. The smallest absolute Gasteiger partial charge is 0.290 e. The quantitative estimate of drug-likeness (QED) is 0.728. The summed E-state index contributed by atoms with van der Waals surface area (Å²) in [5.74, 6) is 1.70. The molecule has 2 aliphatic heterocycles. The van der Waals surface area contributed by atoms with E-state index < -0.39 is 9.84 Å². The molecule has 164 valence electrons. The minimum Gasteiger partial charge on any atom is -0.483 e. The summed E-state index contributed by atoms with van der Waals surface area (Å²) in [5, 5.41) is 6.89. The summed E-state index contributed by atoms with van der Waals surface area (Å²) in [4.78, 5) is 16.0. The Morgan fingerprint density at radius 3 is 2.53 bits per heavy atom. The molecule has 2 aliphatic rings. The highest BCUT2D eigenvalue weighted by Gasteiger charge is 2.32. The molecule has 30 heavy (non-hydrogen) atoms. The second-order valence-electron chi connectivity index (χ2n) is 8.14. The maximum Gasteiger partial charge on any atom is 0.290 e. The summed E-state index contributed by atoms with van der Waals surface area (Å²) in [7, 11) is -3.17. The SMILES string of the molecule is CS(=O)(=O)c1ccc(-c2nccn2CC[C@@H]2CCCN3CCCC[C@H]23)cc1.O=CO. The van der Waals surface area contributed by atoms with Gasteiger partial charge in [0, 0.05) is 36.8 Å². The van der Waals surface area contributed by atoms with Crippen molar-refractivity contribution in [2.75, 3.05) is 19.3 Å². The number of imidazole rings is 1. The molecule has 1 aromatic heterocycles. The maximum absolute atomic E-state index is 11.7. The van der Waals surface area contributed by atoms with Crippen LogP contribution in [0.2, 0.25) is 0 Å². The lowest BCUT2D eigenvalue weighted by Crippen LogP contribution is -2.48. The minimum absolute atomic E-state index is 0.250. The fourth-order valence-electron chi connectivity index (χ4n) is 4.82. The van der Waals surface area contributed by atoms with E-state index in [1.807, 2.05) is 24.5 Å². The number of piperidine rings is 2. The highest BCUT2D eigenvalue weighted by atomic mass is 32.2. The lowest BCUT2D eigenvalue weighted by molar-refractivity contribution is -0.122. The Hall–Kier alpha value is -2.19.